The van der Waals surface area contributed by atoms with E-state index < -0.39 is 16.1 Å². The summed E-state index contributed by atoms with van der Waals surface area (Å²) < 4.78 is 0. The SMILES string of the molecule is Cc1cccc(-c2cc(-c3ccc([Si](C)(C)C)cc3)cc(-c3ccc([Si](C)(C)C)cc3)c2)c1. The molecule has 168 valence electrons. The number of aryl methyl sites for hydroxylation is 1. The zero-order valence-corrected chi connectivity index (χ0v) is 23.2. The van der Waals surface area contributed by atoms with Gasteiger partial charge in [-0.2, -0.15) is 0 Å². The highest BCUT2D eigenvalue weighted by molar-refractivity contribution is 6.89. The summed E-state index contributed by atoms with van der Waals surface area (Å²) in [5, 5.41) is 3.01. The Labute approximate surface area is 202 Å². The van der Waals surface area contributed by atoms with Crippen LogP contribution in [0, 0.1) is 6.92 Å². The summed E-state index contributed by atoms with van der Waals surface area (Å²) in [5.41, 5.74) is 8.96. The molecule has 0 bridgehead atoms. The van der Waals surface area contributed by atoms with Gasteiger partial charge in [-0.05, 0) is 58.5 Å². The Bertz CT molecular complexity index is 1180. The summed E-state index contributed by atoms with van der Waals surface area (Å²) in [6.45, 7) is 16.6. The van der Waals surface area contributed by atoms with Crippen molar-refractivity contribution in [2.75, 3.05) is 0 Å². The molecule has 33 heavy (non-hydrogen) atoms. The van der Waals surface area contributed by atoms with Gasteiger partial charge in [-0.3, -0.25) is 0 Å². The van der Waals surface area contributed by atoms with Gasteiger partial charge in [0.2, 0.25) is 0 Å². The second-order valence-corrected chi connectivity index (χ2v) is 21.5. The second-order valence-electron chi connectivity index (χ2n) is 11.3. The Hall–Kier alpha value is -2.69. The molecule has 0 saturated heterocycles. The van der Waals surface area contributed by atoms with Gasteiger partial charge in [0, 0.05) is 0 Å². The zero-order valence-electron chi connectivity index (χ0n) is 21.2. The molecule has 4 rings (SSSR count). The van der Waals surface area contributed by atoms with Crippen molar-refractivity contribution < 1.29 is 0 Å². The molecular weight excluding hydrogens is 429 g/mol. The van der Waals surface area contributed by atoms with E-state index in [9.17, 15) is 0 Å². The molecule has 0 spiro atoms. The van der Waals surface area contributed by atoms with E-state index in [0.717, 1.165) is 0 Å². The van der Waals surface area contributed by atoms with Crippen molar-refractivity contribution in [3.05, 3.63) is 96.6 Å². The molecule has 0 heterocycles. The number of benzene rings is 4. The molecule has 0 fully saturated rings. The molecule has 0 nitrogen and oxygen atoms in total. The zero-order chi connectivity index (χ0) is 23.8. The average molecular weight is 465 g/mol. The molecular formula is C31H36Si2. The van der Waals surface area contributed by atoms with Crippen LogP contribution < -0.4 is 10.4 Å². The third kappa shape index (κ3) is 5.46. The quantitative estimate of drug-likeness (QED) is 0.262. The minimum absolute atomic E-state index is 1.27. The van der Waals surface area contributed by atoms with Crippen LogP contribution in [0.3, 0.4) is 0 Å². The van der Waals surface area contributed by atoms with Crippen LogP contribution in [0.25, 0.3) is 33.4 Å². The first-order chi connectivity index (χ1) is 15.5. The molecule has 0 aliphatic carbocycles. The van der Waals surface area contributed by atoms with Crippen molar-refractivity contribution in [1.82, 2.24) is 0 Å². The van der Waals surface area contributed by atoms with E-state index in [-0.39, 0.29) is 0 Å². The summed E-state index contributed by atoms with van der Waals surface area (Å²) in [7, 11) is -2.62. The Morgan fingerprint density at radius 2 is 0.788 bits per heavy atom. The Morgan fingerprint density at radius 1 is 0.394 bits per heavy atom. The monoisotopic (exact) mass is 464 g/mol. The highest BCUT2D eigenvalue weighted by atomic mass is 28.3. The minimum atomic E-state index is -1.31. The van der Waals surface area contributed by atoms with Crippen molar-refractivity contribution in [1.29, 1.82) is 0 Å². The Balaban J connectivity index is 1.84. The topological polar surface area (TPSA) is 0 Å². The average Bonchev–Trinajstić information content (AvgIpc) is 2.78. The van der Waals surface area contributed by atoms with Gasteiger partial charge in [0.15, 0.2) is 0 Å². The van der Waals surface area contributed by atoms with Gasteiger partial charge in [0.25, 0.3) is 0 Å². The van der Waals surface area contributed by atoms with Crippen molar-refractivity contribution in [3.63, 3.8) is 0 Å². The third-order valence-corrected chi connectivity index (χ3v) is 10.6. The van der Waals surface area contributed by atoms with Gasteiger partial charge in [0.1, 0.15) is 0 Å². The summed E-state index contributed by atoms with van der Waals surface area (Å²) in [6, 6.07) is 34.4. The van der Waals surface area contributed by atoms with Gasteiger partial charge in [-0.25, -0.2) is 0 Å². The standard InChI is InChI=1S/C31H36Si2/c1-23-9-8-10-26(19-23)29-21-27(24-11-15-30(16-12-24)32(2,3)4)20-28(22-29)25-13-17-31(18-14-25)33(5,6)7/h8-22H,1-7H3. The molecule has 0 aliphatic heterocycles. The van der Waals surface area contributed by atoms with E-state index >= 15 is 0 Å². The smallest absolute Gasteiger partial charge is 0.0656 e. The predicted octanol–water partition coefficient (Wildman–Crippen LogP) is 8.09. The van der Waals surface area contributed by atoms with Crippen LogP contribution in [0.15, 0.2) is 91.0 Å². The fraction of sp³-hybridized carbons (Fsp3) is 0.226. The van der Waals surface area contributed by atoms with E-state index in [0.29, 0.717) is 0 Å². The molecule has 0 aromatic heterocycles. The molecule has 0 amide bonds. The fourth-order valence-electron chi connectivity index (χ4n) is 4.28. The van der Waals surface area contributed by atoms with Crippen LogP contribution in [0.4, 0.5) is 0 Å². The molecule has 0 N–H and O–H groups in total. The second kappa shape index (κ2) is 8.92. The molecule has 4 aromatic rings. The van der Waals surface area contributed by atoms with Gasteiger partial charge in [-0.15, -0.1) is 0 Å². The van der Waals surface area contributed by atoms with Crippen LogP contribution in [0.2, 0.25) is 39.3 Å². The van der Waals surface area contributed by atoms with Crippen LogP contribution in [0.1, 0.15) is 5.56 Å². The van der Waals surface area contributed by atoms with Gasteiger partial charge in [0.05, 0.1) is 16.1 Å². The maximum absolute atomic E-state index is 2.41. The number of rotatable bonds is 5. The van der Waals surface area contributed by atoms with Crippen LogP contribution in [0.5, 0.6) is 0 Å². The van der Waals surface area contributed by atoms with Gasteiger partial charge >= 0.3 is 0 Å². The van der Waals surface area contributed by atoms with Crippen LogP contribution in [-0.4, -0.2) is 16.1 Å². The molecule has 0 atom stereocenters. The lowest BCUT2D eigenvalue weighted by molar-refractivity contribution is 1.46. The van der Waals surface area contributed by atoms with Gasteiger partial charge < -0.3 is 0 Å². The Morgan fingerprint density at radius 3 is 1.15 bits per heavy atom. The maximum atomic E-state index is 2.41. The van der Waals surface area contributed by atoms with Crippen LogP contribution >= 0.6 is 0 Å². The summed E-state index contributed by atoms with van der Waals surface area (Å²) in [6.07, 6.45) is 0. The van der Waals surface area contributed by atoms with Crippen molar-refractivity contribution in [3.8, 4) is 33.4 Å². The lowest BCUT2D eigenvalue weighted by Gasteiger charge is -2.18. The van der Waals surface area contributed by atoms with Gasteiger partial charge in [-0.1, -0.05) is 128 Å². The molecule has 4 aromatic carbocycles. The van der Waals surface area contributed by atoms with Crippen molar-refractivity contribution >= 4 is 26.5 Å². The first kappa shape index (κ1) is 23.5. The Kier molecular flexibility index (Phi) is 6.35. The molecule has 0 radical (unpaired) electrons. The maximum Gasteiger partial charge on any atom is 0.0775 e. The third-order valence-electron chi connectivity index (χ3n) is 6.45. The highest BCUT2D eigenvalue weighted by Crippen LogP contribution is 2.33. The number of hydrogen-bond donors (Lipinski definition) is 0. The molecule has 2 heteroatoms. The molecule has 0 saturated carbocycles. The molecule has 0 aliphatic rings. The summed E-state index contributed by atoms with van der Waals surface area (Å²) in [5.74, 6) is 0. The first-order valence-electron chi connectivity index (χ1n) is 11.9. The number of hydrogen-bond acceptors (Lipinski definition) is 0. The van der Waals surface area contributed by atoms with E-state index in [1.807, 2.05) is 0 Å². The van der Waals surface area contributed by atoms with E-state index in [1.165, 1.54) is 49.3 Å². The summed E-state index contributed by atoms with van der Waals surface area (Å²) in [4.78, 5) is 0. The lowest BCUT2D eigenvalue weighted by Crippen LogP contribution is -2.37. The fourth-order valence-corrected chi connectivity index (χ4v) is 6.61. The van der Waals surface area contributed by atoms with Crippen molar-refractivity contribution in [2.24, 2.45) is 0 Å². The summed E-state index contributed by atoms with van der Waals surface area (Å²) >= 11 is 0. The van der Waals surface area contributed by atoms with Crippen molar-refractivity contribution in [2.45, 2.75) is 46.2 Å². The molecule has 0 unspecified atom stereocenters. The van der Waals surface area contributed by atoms with E-state index in [1.54, 1.807) is 0 Å². The highest BCUT2D eigenvalue weighted by Gasteiger charge is 2.17. The first-order valence-corrected chi connectivity index (χ1v) is 18.9. The minimum Gasteiger partial charge on any atom is -0.0656 e. The largest absolute Gasteiger partial charge is 0.0775 e. The lowest BCUT2D eigenvalue weighted by atomic mass is 9.93. The van der Waals surface area contributed by atoms with E-state index in [2.05, 4.69) is 137 Å². The van der Waals surface area contributed by atoms with Crippen LogP contribution in [-0.2, 0) is 0 Å². The van der Waals surface area contributed by atoms with E-state index in [4.69, 9.17) is 0 Å². The normalized spacial score (nSPS) is 12.1. The predicted molar refractivity (Wildman–Crippen MR) is 153 cm³/mol.